The molecule has 10 atom stereocenters. The van der Waals surface area contributed by atoms with Gasteiger partial charge in [0.2, 0.25) is 0 Å². The van der Waals surface area contributed by atoms with E-state index < -0.39 is 11.5 Å². The lowest BCUT2D eigenvalue weighted by molar-refractivity contribution is -0.192. The summed E-state index contributed by atoms with van der Waals surface area (Å²) in [6.07, 6.45) is 6.90. The van der Waals surface area contributed by atoms with Crippen molar-refractivity contribution in [1.82, 2.24) is 4.90 Å². The molecule has 6 heteroatoms. The third-order valence-corrected chi connectivity index (χ3v) is 9.45. The van der Waals surface area contributed by atoms with Crippen LogP contribution in [0.5, 0.6) is 0 Å². The average Bonchev–Trinajstić information content (AvgIpc) is 3.09. The maximum absolute atomic E-state index is 13.4. The van der Waals surface area contributed by atoms with Gasteiger partial charge in [-0.2, -0.15) is 0 Å². The van der Waals surface area contributed by atoms with Crippen LogP contribution >= 0.6 is 0 Å². The SMILES string of the molecule is COC(=O)N1CC2CCC(OC)C34C1[C@H](C[C@H]23)[C@@]12C=CC(CC41)[C@H](O)C2=O. The Bertz CT molecular complexity index is 766. The predicted octanol–water partition coefficient (Wildman–Crippen LogP) is 1.62. The highest BCUT2D eigenvalue weighted by atomic mass is 16.5. The van der Waals surface area contributed by atoms with E-state index in [0.29, 0.717) is 11.8 Å². The zero-order chi connectivity index (χ0) is 18.7. The zero-order valence-electron chi connectivity index (χ0n) is 15.8. The summed E-state index contributed by atoms with van der Waals surface area (Å²) in [5, 5.41) is 10.6. The molecule has 0 aromatic heterocycles. The van der Waals surface area contributed by atoms with Gasteiger partial charge in [0, 0.05) is 31.0 Å². The molecule has 1 N–H and O–H groups in total. The van der Waals surface area contributed by atoms with Crippen molar-refractivity contribution in [3.8, 4) is 0 Å². The number of hydrogen-bond acceptors (Lipinski definition) is 5. The Morgan fingerprint density at radius 2 is 2.07 bits per heavy atom. The summed E-state index contributed by atoms with van der Waals surface area (Å²) < 4.78 is 11.2. The number of allylic oxidation sites excluding steroid dienone is 1. The summed E-state index contributed by atoms with van der Waals surface area (Å²) in [7, 11) is 3.22. The van der Waals surface area contributed by atoms with Crippen molar-refractivity contribution >= 4 is 11.9 Å². The Hall–Kier alpha value is -1.40. The topological polar surface area (TPSA) is 76.1 Å². The highest BCUT2D eigenvalue weighted by Crippen LogP contribution is 2.80. The molecular formula is C21H27NO5. The standard InChI is InChI=1S/C21H27NO5/c1-26-15-4-3-11-9-22(19(25)27-2)17-13-8-12(11)21(15,17)14-7-10-5-6-20(13,14)18(24)16(10)23/h5-6,10-17,23H,3-4,7-9H2,1-2H3/t10?,11?,12-,13+,14?,15?,16+,17?,20+,21?/m1/s1. The van der Waals surface area contributed by atoms with E-state index in [2.05, 4.69) is 12.2 Å². The number of amides is 1. The molecule has 146 valence electrons. The fourth-order valence-corrected chi connectivity index (χ4v) is 8.93. The summed E-state index contributed by atoms with van der Waals surface area (Å²) >= 11 is 0. The number of ketones is 1. The summed E-state index contributed by atoms with van der Waals surface area (Å²) in [5.74, 6) is 1.07. The molecule has 2 spiro atoms. The third-order valence-electron chi connectivity index (χ3n) is 9.45. The van der Waals surface area contributed by atoms with Crippen molar-refractivity contribution < 1.29 is 24.2 Å². The molecule has 6 unspecified atom stereocenters. The lowest BCUT2D eigenvalue weighted by atomic mass is 9.43. The molecule has 4 saturated carbocycles. The summed E-state index contributed by atoms with van der Waals surface area (Å²) in [6.45, 7) is 0.726. The smallest absolute Gasteiger partial charge is 0.409 e. The number of carbonyl (C=O) groups is 2. The van der Waals surface area contributed by atoms with Gasteiger partial charge in [0.25, 0.3) is 0 Å². The number of ether oxygens (including phenoxy) is 2. The minimum atomic E-state index is -0.895. The minimum Gasteiger partial charge on any atom is -0.453 e. The van der Waals surface area contributed by atoms with Gasteiger partial charge in [-0.15, -0.1) is 0 Å². The van der Waals surface area contributed by atoms with Crippen LogP contribution in [0.1, 0.15) is 25.7 Å². The van der Waals surface area contributed by atoms with E-state index in [4.69, 9.17) is 9.47 Å². The second-order valence-electron chi connectivity index (χ2n) is 9.63. The summed E-state index contributed by atoms with van der Waals surface area (Å²) in [5.41, 5.74) is -0.821. The molecule has 27 heavy (non-hydrogen) atoms. The van der Waals surface area contributed by atoms with E-state index in [1.807, 2.05) is 4.90 Å². The Morgan fingerprint density at radius 3 is 2.81 bits per heavy atom. The molecule has 0 radical (unpaired) electrons. The summed E-state index contributed by atoms with van der Waals surface area (Å²) in [4.78, 5) is 28.1. The van der Waals surface area contributed by atoms with E-state index in [-0.39, 0.29) is 47.2 Å². The molecule has 1 aliphatic heterocycles. The normalized spacial score (nSPS) is 56.4. The first-order valence-corrected chi connectivity index (χ1v) is 10.3. The molecular weight excluding hydrogens is 346 g/mol. The molecule has 6 aliphatic carbocycles. The van der Waals surface area contributed by atoms with Gasteiger partial charge in [-0.05, 0) is 49.4 Å². The van der Waals surface area contributed by atoms with Gasteiger partial charge in [-0.25, -0.2) is 4.79 Å². The number of nitrogens with zero attached hydrogens (tertiary/aromatic N) is 1. The number of methoxy groups -OCH3 is 2. The van der Waals surface area contributed by atoms with E-state index in [1.165, 1.54) is 7.11 Å². The number of carbonyl (C=O) groups excluding carboxylic acids is 2. The van der Waals surface area contributed by atoms with Gasteiger partial charge < -0.3 is 19.5 Å². The van der Waals surface area contributed by atoms with Crippen LogP contribution in [0, 0.1) is 40.4 Å². The first-order valence-electron chi connectivity index (χ1n) is 10.3. The van der Waals surface area contributed by atoms with Gasteiger partial charge >= 0.3 is 6.09 Å². The van der Waals surface area contributed by atoms with E-state index in [1.54, 1.807) is 7.11 Å². The van der Waals surface area contributed by atoms with Crippen LogP contribution in [-0.4, -0.2) is 60.9 Å². The van der Waals surface area contributed by atoms with E-state index >= 15 is 0 Å². The average molecular weight is 373 g/mol. The van der Waals surface area contributed by atoms with Crippen molar-refractivity contribution in [3.63, 3.8) is 0 Å². The molecule has 6 nitrogen and oxygen atoms in total. The molecule has 7 rings (SSSR count). The lowest BCUT2D eigenvalue weighted by Gasteiger charge is -2.63. The number of hydrogen-bond donors (Lipinski definition) is 1. The van der Waals surface area contributed by atoms with Crippen LogP contribution in [0.2, 0.25) is 0 Å². The molecule has 1 heterocycles. The fraction of sp³-hybridized carbons (Fsp3) is 0.810. The molecule has 1 amide bonds. The highest BCUT2D eigenvalue weighted by Gasteiger charge is 2.84. The number of aliphatic hydroxyl groups is 1. The second kappa shape index (κ2) is 4.95. The number of Topliss-reactive ketones (excluding diaryl/α,β-unsaturated/α-hetero) is 1. The summed E-state index contributed by atoms with van der Waals surface area (Å²) in [6, 6.07) is -0.0286. The van der Waals surface area contributed by atoms with Crippen molar-refractivity contribution in [2.45, 2.75) is 43.9 Å². The largest absolute Gasteiger partial charge is 0.453 e. The van der Waals surface area contributed by atoms with Gasteiger partial charge in [-0.3, -0.25) is 4.79 Å². The highest BCUT2D eigenvalue weighted by molar-refractivity contribution is 5.95. The first kappa shape index (κ1) is 16.5. The number of aliphatic hydroxyl groups excluding tert-OH is 1. The minimum absolute atomic E-state index is 0.0136. The maximum atomic E-state index is 13.4. The van der Waals surface area contributed by atoms with Gasteiger partial charge in [0.1, 0.15) is 6.10 Å². The van der Waals surface area contributed by atoms with Crippen LogP contribution < -0.4 is 0 Å². The van der Waals surface area contributed by atoms with Gasteiger partial charge in [-0.1, -0.05) is 12.2 Å². The molecule has 5 fully saturated rings. The fourth-order valence-electron chi connectivity index (χ4n) is 8.93. The predicted molar refractivity (Wildman–Crippen MR) is 94.6 cm³/mol. The van der Waals surface area contributed by atoms with Crippen molar-refractivity contribution in [2.75, 3.05) is 20.8 Å². The van der Waals surface area contributed by atoms with Gasteiger partial charge in [0.05, 0.1) is 18.6 Å². The second-order valence-corrected chi connectivity index (χ2v) is 9.63. The monoisotopic (exact) mass is 373 g/mol. The zero-order valence-corrected chi connectivity index (χ0v) is 15.8. The third kappa shape index (κ3) is 1.50. The molecule has 0 aromatic rings. The number of likely N-dealkylation sites (tertiary alicyclic amines) is 1. The maximum Gasteiger partial charge on any atom is 0.409 e. The lowest BCUT2D eigenvalue weighted by Crippen LogP contribution is -2.67. The van der Waals surface area contributed by atoms with Gasteiger partial charge in [0.15, 0.2) is 5.78 Å². The van der Waals surface area contributed by atoms with Crippen LogP contribution in [0.3, 0.4) is 0 Å². The first-order chi connectivity index (χ1) is 13.0. The molecule has 1 saturated heterocycles. The van der Waals surface area contributed by atoms with E-state index in [0.717, 1.165) is 32.2 Å². The van der Waals surface area contributed by atoms with Crippen molar-refractivity contribution in [2.24, 2.45) is 40.4 Å². The Kier molecular flexibility index (Phi) is 3.03. The van der Waals surface area contributed by atoms with Crippen LogP contribution in [0.25, 0.3) is 0 Å². The van der Waals surface area contributed by atoms with Crippen LogP contribution in [0.4, 0.5) is 4.79 Å². The molecule has 7 bridgehead atoms. The Morgan fingerprint density at radius 1 is 1.26 bits per heavy atom. The molecule has 0 aromatic carbocycles. The van der Waals surface area contributed by atoms with E-state index in [9.17, 15) is 14.7 Å². The Labute approximate surface area is 158 Å². The van der Waals surface area contributed by atoms with Crippen LogP contribution in [-0.2, 0) is 14.3 Å². The number of piperidine rings is 1. The quantitative estimate of drug-likeness (QED) is 0.707. The van der Waals surface area contributed by atoms with Crippen molar-refractivity contribution in [1.29, 1.82) is 0 Å². The van der Waals surface area contributed by atoms with Crippen LogP contribution in [0.15, 0.2) is 12.2 Å². The molecule has 7 aliphatic rings. The Balaban J connectivity index is 1.59. The van der Waals surface area contributed by atoms with Crippen molar-refractivity contribution in [3.05, 3.63) is 12.2 Å². The number of rotatable bonds is 1. The number of fused-ring (bicyclic) bond motifs is 1.